The van der Waals surface area contributed by atoms with Crippen molar-refractivity contribution in [3.63, 3.8) is 0 Å². The number of likely N-dealkylation sites (tertiary alicyclic amines) is 1. The third-order valence-electron chi connectivity index (χ3n) is 4.72. The van der Waals surface area contributed by atoms with Gasteiger partial charge in [0.05, 0.1) is 14.2 Å². The highest BCUT2D eigenvalue weighted by Gasteiger charge is 2.58. The summed E-state index contributed by atoms with van der Waals surface area (Å²) in [6.45, 7) is 4.14. The Kier molecular flexibility index (Phi) is 4.56. The Balaban J connectivity index is 2.41. The number of nitrogens with zero attached hydrogens (tertiary/aromatic N) is 1. The fraction of sp³-hybridized carbons (Fsp3) is 0.529. The fourth-order valence-corrected chi connectivity index (χ4v) is 3.28. The van der Waals surface area contributed by atoms with Gasteiger partial charge in [0.2, 0.25) is 0 Å². The number of hydrogen-bond donors (Lipinski definition) is 0. The molecule has 1 fully saturated rings. The predicted octanol–water partition coefficient (Wildman–Crippen LogP) is 2.15. The van der Waals surface area contributed by atoms with E-state index in [0.29, 0.717) is 19.4 Å². The third-order valence-corrected chi connectivity index (χ3v) is 4.72. The summed E-state index contributed by atoms with van der Waals surface area (Å²) in [5, 5.41) is 0. The normalized spacial score (nSPS) is 28.4. The van der Waals surface area contributed by atoms with Crippen LogP contribution >= 0.6 is 0 Å². The summed E-state index contributed by atoms with van der Waals surface area (Å²) in [5.74, 6) is -0.646. The molecule has 22 heavy (non-hydrogen) atoms. The van der Waals surface area contributed by atoms with E-state index < -0.39 is 11.1 Å². The first kappa shape index (κ1) is 16.5. The lowest BCUT2D eigenvalue weighted by molar-refractivity contribution is -0.163. The molecule has 0 radical (unpaired) electrons. The zero-order valence-corrected chi connectivity index (χ0v) is 13.6. The second-order valence-electron chi connectivity index (χ2n) is 6.10. The topological polar surface area (TPSA) is 55.8 Å². The molecule has 0 aromatic heterocycles. The molecular weight excluding hydrogens is 282 g/mol. The van der Waals surface area contributed by atoms with Gasteiger partial charge in [-0.2, -0.15) is 0 Å². The number of hydrogen-bond acceptors (Lipinski definition) is 5. The van der Waals surface area contributed by atoms with Crippen LogP contribution in [0.25, 0.3) is 0 Å². The number of methoxy groups -OCH3 is 2. The van der Waals surface area contributed by atoms with Crippen LogP contribution in [0.1, 0.15) is 32.3 Å². The van der Waals surface area contributed by atoms with Gasteiger partial charge in [-0.3, -0.25) is 14.5 Å². The van der Waals surface area contributed by atoms with Crippen LogP contribution in [-0.2, 0) is 25.6 Å². The molecule has 2 atom stereocenters. The van der Waals surface area contributed by atoms with E-state index in [4.69, 9.17) is 9.47 Å². The van der Waals surface area contributed by atoms with Crippen LogP contribution in [0.15, 0.2) is 30.3 Å². The molecule has 1 aromatic carbocycles. The summed E-state index contributed by atoms with van der Waals surface area (Å²) in [4.78, 5) is 26.5. The quantitative estimate of drug-likeness (QED) is 0.798. The van der Waals surface area contributed by atoms with Crippen molar-refractivity contribution in [2.24, 2.45) is 0 Å². The average Bonchev–Trinajstić information content (AvgIpc) is 2.81. The standard InChI is InChI=1S/C17H23NO4/c1-16(14(19)21-3)10-11-17(2,15(20)22-4)18(16)12-13-8-6-5-7-9-13/h5-9H,10-12H2,1-4H3/t16-,17-/m1/s1. The van der Waals surface area contributed by atoms with E-state index >= 15 is 0 Å². The largest absolute Gasteiger partial charge is 0.468 e. The lowest BCUT2D eigenvalue weighted by atomic mass is 9.98. The summed E-state index contributed by atoms with van der Waals surface area (Å²) in [6.07, 6.45) is 1.11. The average molecular weight is 305 g/mol. The van der Waals surface area contributed by atoms with Crippen LogP contribution in [-0.4, -0.2) is 42.1 Å². The Hall–Kier alpha value is -1.88. The molecule has 1 saturated heterocycles. The first-order valence-electron chi connectivity index (χ1n) is 7.37. The molecule has 0 amide bonds. The maximum atomic E-state index is 12.3. The Morgan fingerprint density at radius 3 is 1.86 bits per heavy atom. The van der Waals surface area contributed by atoms with Crippen LogP contribution < -0.4 is 0 Å². The number of ether oxygens (including phenoxy) is 2. The monoisotopic (exact) mass is 305 g/mol. The molecule has 120 valence electrons. The van der Waals surface area contributed by atoms with E-state index in [2.05, 4.69) is 0 Å². The summed E-state index contributed by atoms with van der Waals surface area (Å²) < 4.78 is 9.96. The molecule has 1 aliphatic heterocycles. The van der Waals surface area contributed by atoms with Crippen molar-refractivity contribution in [3.05, 3.63) is 35.9 Å². The first-order valence-corrected chi connectivity index (χ1v) is 7.37. The van der Waals surface area contributed by atoms with Crippen molar-refractivity contribution in [2.75, 3.05) is 14.2 Å². The van der Waals surface area contributed by atoms with Gasteiger partial charge in [0, 0.05) is 6.54 Å². The summed E-state index contributed by atoms with van der Waals surface area (Å²) in [7, 11) is 2.75. The maximum absolute atomic E-state index is 12.3. The second kappa shape index (κ2) is 6.08. The Morgan fingerprint density at radius 1 is 1.00 bits per heavy atom. The molecule has 5 heteroatoms. The molecule has 0 aliphatic carbocycles. The number of rotatable bonds is 4. The first-order chi connectivity index (χ1) is 10.4. The van der Waals surface area contributed by atoms with Gasteiger partial charge < -0.3 is 9.47 Å². The molecule has 1 aliphatic rings. The highest BCUT2D eigenvalue weighted by atomic mass is 16.5. The number of carbonyl (C=O) groups is 2. The lowest BCUT2D eigenvalue weighted by Crippen LogP contribution is -2.58. The van der Waals surface area contributed by atoms with E-state index in [1.807, 2.05) is 49.1 Å². The van der Waals surface area contributed by atoms with Gasteiger partial charge in [0.1, 0.15) is 11.1 Å². The molecule has 5 nitrogen and oxygen atoms in total. The van der Waals surface area contributed by atoms with Crippen molar-refractivity contribution < 1.29 is 19.1 Å². The van der Waals surface area contributed by atoms with Gasteiger partial charge in [-0.05, 0) is 32.3 Å². The summed E-state index contributed by atoms with van der Waals surface area (Å²) >= 11 is 0. The fourth-order valence-electron chi connectivity index (χ4n) is 3.28. The number of benzene rings is 1. The molecular formula is C17H23NO4. The van der Waals surface area contributed by atoms with Crippen molar-refractivity contribution >= 4 is 11.9 Å². The SMILES string of the molecule is COC(=O)[C@@]1(C)CC[C@](C)(C(=O)OC)N1Cc1ccccc1. The van der Waals surface area contributed by atoms with Crippen LogP contribution in [0.5, 0.6) is 0 Å². The third kappa shape index (κ3) is 2.61. The smallest absolute Gasteiger partial charge is 0.326 e. The van der Waals surface area contributed by atoms with Gasteiger partial charge in [0.25, 0.3) is 0 Å². The maximum Gasteiger partial charge on any atom is 0.326 e. The zero-order chi connectivity index (χ0) is 16.4. The molecule has 1 aromatic rings. The van der Waals surface area contributed by atoms with E-state index in [-0.39, 0.29) is 11.9 Å². The highest BCUT2D eigenvalue weighted by molar-refractivity contribution is 5.86. The Bertz CT molecular complexity index is 529. The lowest BCUT2D eigenvalue weighted by Gasteiger charge is -2.40. The van der Waals surface area contributed by atoms with Crippen LogP contribution in [0.2, 0.25) is 0 Å². The molecule has 0 bridgehead atoms. The van der Waals surface area contributed by atoms with Gasteiger partial charge in [-0.25, -0.2) is 0 Å². The van der Waals surface area contributed by atoms with Crippen LogP contribution in [0, 0.1) is 0 Å². The summed E-state index contributed by atoms with van der Waals surface area (Å²) in [5.41, 5.74) is -0.643. The van der Waals surface area contributed by atoms with Gasteiger partial charge in [-0.15, -0.1) is 0 Å². The predicted molar refractivity (Wildman–Crippen MR) is 82.1 cm³/mol. The van der Waals surface area contributed by atoms with Crippen LogP contribution in [0.4, 0.5) is 0 Å². The minimum absolute atomic E-state index is 0.323. The zero-order valence-electron chi connectivity index (χ0n) is 13.6. The molecule has 0 spiro atoms. The molecule has 1 heterocycles. The van der Waals surface area contributed by atoms with E-state index in [0.717, 1.165) is 5.56 Å². The van der Waals surface area contributed by atoms with Gasteiger partial charge >= 0.3 is 11.9 Å². The van der Waals surface area contributed by atoms with E-state index in [1.165, 1.54) is 14.2 Å². The van der Waals surface area contributed by atoms with Gasteiger partial charge in [-0.1, -0.05) is 30.3 Å². The van der Waals surface area contributed by atoms with Crippen molar-refractivity contribution in [2.45, 2.75) is 44.3 Å². The molecule has 0 saturated carbocycles. The molecule has 0 N–H and O–H groups in total. The second-order valence-corrected chi connectivity index (χ2v) is 6.10. The molecule has 2 rings (SSSR count). The van der Waals surface area contributed by atoms with Crippen molar-refractivity contribution in [3.8, 4) is 0 Å². The van der Waals surface area contributed by atoms with Crippen molar-refractivity contribution in [1.82, 2.24) is 4.90 Å². The Morgan fingerprint density at radius 2 is 1.45 bits per heavy atom. The highest BCUT2D eigenvalue weighted by Crippen LogP contribution is 2.43. The van der Waals surface area contributed by atoms with E-state index in [1.54, 1.807) is 0 Å². The minimum Gasteiger partial charge on any atom is -0.468 e. The summed E-state index contributed by atoms with van der Waals surface area (Å²) in [6, 6.07) is 9.78. The number of carbonyl (C=O) groups excluding carboxylic acids is 2. The van der Waals surface area contributed by atoms with E-state index in [9.17, 15) is 9.59 Å². The molecule has 0 unspecified atom stereocenters. The Labute approximate surface area is 131 Å². The minimum atomic E-state index is -0.840. The van der Waals surface area contributed by atoms with Crippen LogP contribution in [0.3, 0.4) is 0 Å². The van der Waals surface area contributed by atoms with Crippen molar-refractivity contribution in [1.29, 1.82) is 0 Å². The number of esters is 2. The van der Waals surface area contributed by atoms with Gasteiger partial charge in [0.15, 0.2) is 0 Å².